The minimum Gasteiger partial charge on any atom is -0.379 e. The van der Waals surface area contributed by atoms with E-state index in [1.807, 2.05) is 7.05 Å². The molecule has 0 unspecified atom stereocenters. The normalized spacial score (nSPS) is 16.4. The standard InChI is InChI=1S/C20H39N7OS/c1-16(2)14-27-17(24-25-19(27)29-6)8-7-9-22-18(21-5)23-15-20(3,4)26-10-12-28-13-11-26/h16H,7-15H2,1-6H3,(H2,21,22,23). The van der Waals surface area contributed by atoms with Gasteiger partial charge in [0.2, 0.25) is 0 Å². The molecule has 166 valence electrons. The molecule has 1 aliphatic rings. The molecule has 2 rings (SSSR count). The van der Waals surface area contributed by atoms with Gasteiger partial charge in [0.25, 0.3) is 0 Å². The summed E-state index contributed by atoms with van der Waals surface area (Å²) < 4.78 is 7.73. The van der Waals surface area contributed by atoms with Gasteiger partial charge in [0.15, 0.2) is 11.1 Å². The number of morpholine rings is 1. The maximum absolute atomic E-state index is 5.47. The number of aliphatic imine (C=N–C) groups is 1. The number of aromatic nitrogens is 3. The molecular weight excluding hydrogens is 386 g/mol. The third-order valence-corrected chi connectivity index (χ3v) is 5.84. The lowest BCUT2D eigenvalue weighted by Crippen LogP contribution is -2.56. The largest absolute Gasteiger partial charge is 0.379 e. The lowest BCUT2D eigenvalue weighted by molar-refractivity contribution is -0.00833. The minimum atomic E-state index is 0.0584. The summed E-state index contributed by atoms with van der Waals surface area (Å²) in [6.45, 7) is 15.2. The number of ether oxygens (including phenoxy) is 1. The maximum Gasteiger partial charge on any atom is 0.191 e. The third kappa shape index (κ3) is 7.46. The summed E-state index contributed by atoms with van der Waals surface area (Å²) in [5.74, 6) is 2.49. The van der Waals surface area contributed by atoms with Crippen LogP contribution in [-0.4, -0.2) is 83.9 Å². The molecule has 9 heteroatoms. The van der Waals surface area contributed by atoms with Gasteiger partial charge in [-0.2, -0.15) is 0 Å². The van der Waals surface area contributed by atoms with Crippen molar-refractivity contribution in [2.45, 2.75) is 57.8 Å². The first-order chi connectivity index (χ1) is 13.9. The molecule has 29 heavy (non-hydrogen) atoms. The van der Waals surface area contributed by atoms with Crippen LogP contribution in [-0.2, 0) is 17.7 Å². The van der Waals surface area contributed by atoms with Crippen LogP contribution in [0.2, 0.25) is 0 Å². The van der Waals surface area contributed by atoms with Crippen molar-refractivity contribution in [2.75, 3.05) is 52.7 Å². The smallest absolute Gasteiger partial charge is 0.191 e. The van der Waals surface area contributed by atoms with Crippen molar-refractivity contribution in [1.82, 2.24) is 30.3 Å². The van der Waals surface area contributed by atoms with E-state index in [0.29, 0.717) is 5.92 Å². The van der Waals surface area contributed by atoms with Crippen molar-refractivity contribution < 1.29 is 4.74 Å². The third-order valence-electron chi connectivity index (χ3n) is 5.17. The monoisotopic (exact) mass is 425 g/mol. The molecule has 1 saturated heterocycles. The fourth-order valence-corrected chi connectivity index (χ4v) is 3.98. The zero-order chi connectivity index (χ0) is 21.3. The highest BCUT2D eigenvalue weighted by molar-refractivity contribution is 7.98. The molecule has 0 aromatic carbocycles. The quantitative estimate of drug-likeness (QED) is 0.256. The molecule has 2 N–H and O–H groups in total. The minimum absolute atomic E-state index is 0.0584. The average molecular weight is 426 g/mol. The molecule has 2 heterocycles. The number of guanidine groups is 1. The second-order valence-corrected chi connectivity index (χ2v) is 9.25. The molecule has 0 atom stereocenters. The highest BCUT2D eigenvalue weighted by Crippen LogP contribution is 2.17. The topological polar surface area (TPSA) is 79.6 Å². The van der Waals surface area contributed by atoms with Crippen LogP contribution in [0.3, 0.4) is 0 Å². The number of thioether (sulfide) groups is 1. The molecule has 1 aliphatic heterocycles. The van der Waals surface area contributed by atoms with E-state index < -0.39 is 0 Å². The van der Waals surface area contributed by atoms with Gasteiger partial charge >= 0.3 is 0 Å². The predicted octanol–water partition coefficient (Wildman–Crippen LogP) is 1.86. The molecule has 0 saturated carbocycles. The van der Waals surface area contributed by atoms with E-state index in [-0.39, 0.29) is 5.54 Å². The molecule has 0 aliphatic carbocycles. The summed E-state index contributed by atoms with van der Waals surface area (Å²) in [4.78, 5) is 6.84. The fourth-order valence-electron chi connectivity index (χ4n) is 3.46. The Morgan fingerprint density at radius 1 is 1.24 bits per heavy atom. The first-order valence-corrected chi connectivity index (χ1v) is 11.8. The fraction of sp³-hybridized carbons (Fsp3) is 0.850. The molecule has 0 amide bonds. The summed E-state index contributed by atoms with van der Waals surface area (Å²) in [7, 11) is 1.82. The van der Waals surface area contributed by atoms with Gasteiger partial charge in [-0.3, -0.25) is 9.89 Å². The molecule has 0 radical (unpaired) electrons. The van der Waals surface area contributed by atoms with Crippen LogP contribution in [0, 0.1) is 5.92 Å². The van der Waals surface area contributed by atoms with Gasteiger partial charge in [0.05, 0.1) is 13.2 Å². The summed E-state index contributed by atoms with van der Waals surface area (Å²) in [5.41, 5.74) is 0.0584. The number of nitrogens with zero attached hydrogens (tertiary/aromatic N) is 5. The van der Waals surface area contributed by atoms with E-state index in [0.717, 1.165) is 75.7 Å². The number of nitrogens with one attached hydrogen (secondary N) is 2. The van der Waals surface area contributed by atoms with Gasteiger partial charge in [0.1, 0.15) is 5.82 Å². The Labute approximate surface area is 180 Å². The van der Waals surface area contributed by atoms with Crippen molar-refractivity contribution in [3.8, 4) is 0 Å². The van der Waals surface area contributed by atoms with E-state index in [1.54, 1.807) is 11.8 Å². The lowest BCUT2D eigenvalue weighted by Gasteiger charge is -2.41. The van der Waals surface area contributed by atoms with Crippen LogP contribution in [0.4, 0.5) is 0 Å². The van der Waals surface area contributed by atoms with Gasteiger partial charge in [-0.05, 0) is 32.4 Å². The summed E-state index contributed by atoms with van der Waals surface area (Å²) in [6, 6.07) is 0. The van der Waals surface area contributed by atoms with Crippen LogP contribution in [0.25, 0.3) is 0 Å². The van der Waals surface area contributed by atoms with Gasteiger partial charge in [-0.15, -0.1) is 10.2 Å². The van der Waals surface area contributed by atoms with E-state index >= 15 is 0 Å². The van der Waals surface area contributed by atoms with Crippen LogP contribution in [0.15, 0.2) is 10.1 Å². The molecule has 8 nitrogen and oxygen atoms in total. The highest BCUT2D eigenvalue weighted by Gasteiger charge is 2.28. The molecule has 1 aromatic rings. The maximum atomic E-state index is 5.47. The van der Waals surface area contributed by atoms with Crippen LogP contribution in [0.5, 0.6) is 0 Å². The van der Waals surface area contributed by atoms with Crippen LogP contribution >= 0.6 is 11.8 Å². The number of rotatable bonds is 10. The average Bonchev–Trinajstić information content (AvgIpc) is 3.09. The van der Waals surface area contributed by atoms with Gasteiger partial charge in [-0.1, -0.05) is 25.6 Å². The Hall–Kier alpha value is -1.32. The Morgan fingerprint density at radius 3 is 2.59 bits per heavy atom. The van der Waals surface area contributed by atoms with Gasteiger partial charge in [-0.25, -0.2) is 0 Å². The van der Waals surface area contributed by atoms with E-state index in [2.05, 4.69) is 69.2 Å². The van der Waals surface area contributed by atoms with Gasteiger partial charge < -0.3 is 19.9 Å². The van der Waals surface area contributed by atoms with Crippen LogP contribution < -0.4 is 10.6 Å². The van der Waals surface area contributed by atoms with Crippen molar-refractivity contribution in [3.63, 3.8) is 0 Å². The lowest BCUT2D eigenvalue weighted by atomic mass is 10.0. The van der Waals surface area contributed by atoms with Crippen molar-refractivity contribution in [3.05, 3.63) is 5.82 Å². The second kappa shape index (κ2) is 11.8. The Bertz CT molecular complexity index is 639. The summed E-state index contributed by atoms with van der Waals surface area (Å²) in [6.07, 6.45) is 3.95. The van der Waals surface area contributed by atoms with Crippen molar-refractivity contribution in [2.24, 2.45) is 10.9 Å². The number of aryl methyl sites for hydroxylation is 1. The predicted molar refractivity (Wildman–Crippen MR) is 121 cm³/mol. The van der Waals surface area contributed by atoms with Crippen molar-refractivity contribution in [1.29, 1.82) is 0 Å². The number of hydrogen-bond acceptors (Lipinski definition) is 6. The summed E-state index contributed by atoms with van der Waals surface area (Å²) >= 11 is 1.66. The first-order valence-electron chi connectivity index (χ1n) is 10.6. The second-order valence-electron chi connectivity index (χ2n) is 8.48. The van der Waals surface area contributed by atoms with Gasteiger partial charge in [0, 0.05) is 51.7 Å². The number of hydrogen-bond donors (Lipinski definition) is 2. The molecule has 1 aromatic heterocycles. The molecular formula is C20H39N7OS. The van der Waals surface area contributed by atoms with E-state index in [1.165, 1.54) is 0 Å². The zero-order valence-electron chi connectivity index (χ0n) is 19.0. The zero-order valence-corrected chi connectivity index (χ0v) is 19.8. The summed E-state index contributed by atoms with van der Waals surface area (Å²) in [5, 5.41) is 16.6. The van der Waals surface area contributed by atoms with Crippen LogP contribution in [0.1, 0.15) is 39.9 Å². The first kappa shape index (κ1) is 24.0. The Balaban J connectivity index is 1.77. The molecule has 0 spiro atoms. The highest BCUT2D eigenvalue weighted by atomic mass is 32.2. The van der Waals surface area contributed by atoms with E-state index in [4.69, 9.17) is 4.74 Å². The van der Waals surface area contributed by atoms with Crippen molar-refractivity contribution >= 4 is 17.7 Å². The SMILES string of the molecule is CN=C(NCCCc1nnc(SC)n1CC(C)C)NCC(C)(C)N1CCOCC1. The molecule has 0 bridgehead atoms. The van der Waals surface area contributed by atoms with E-state index in [9.17, 15) is 0 Å². The Kier molecular flexibility index (Phi) is 9.71. The Morgan fingerprint density at radius 2 is 1.97 bits per heavy atom. The molecule has 1 fully saturated rings.